The second-order valence-corrected chi connectivity index (χ2v) is 11.3. The Kier molecular flexibility index (Phi) is 30.1. The van der Waals surface area contributed by atoms with Crippen molar-refractivity contribution in [3.05, 3.63) is 0 Å². The molecular weight excluding hydrogens is 581 g/mol. The molecule has 4 rings (SSSR count). The molecule has 0 aliphatic heterocycles. The first-order chi connectivity index (χ1) is 19.7. The number of hydrogen-bond acceptors (Lipinski definition) is 7. The summed E-state index contributed by atoms with van der Waals surface area (Å²) in [5.41, 5.74) is -0.738. The Labute approximate surface area is 267 Å². The lowest BCUT2D eigenvalue weighted by Crippen LogP contribution is -2.32. The standard InChI is InChI=1S/2C8H15NO2.C6H13N.C6H12.C3H5ClO2.ClH/c2*1-2-11-8(10)9-7-5-3-4-6-7;1-7-6-4-2-3-5-6;1-6-4-2-3-5-6;1-2-6-3(4)5;/h2*7H,2-6H2,1H3,(H,9,10);6-7H,2-5H2,1H3;6H,2-5H2,1H3;2H2,1H3;1H. The maximum Gasteiger partial charge on any atom is 0.407 e. The first kappa shape index (κ1) is 42.7. The second kappa shape index (κ2) is 29.6. The van der Waals surface area contributed by atoms with E-state index in [0.29, 0.717) is 31.9 Å². The van der Waals surface area contributed by atoms with Crippen molar-refractivity contribution in [2.75, 3.05) is 26.9 Å². The molecule has 0 unspecified atom stereocenters. The number of nitrogens with one attached hydrogen (secondary N) is 3. The number of amides is 2. The van der Waals surface area contributed by atoms with Gasteiger partial charge in [0.25, 0.3) is 0 Å². The van der Waals surface area contributed by atoms with Crippen molar-refractivity contribution in [2.45, 2.75) is 149 Å². The second-order valence-electron chi connectivity index (χ2n) is 11.0. The summed E-state index contributed by atoms with van der Waals surface area (Å²) >= 11 is 4.72. The molecule has 0 saturated heterocycles. The van der Waals surface area contributed by atoms with Gasteiger partial charge in [0.05, 0.1) is 19.8 Å². The van der Waals surface area contributed by atoms with Crippen molar-refractivity contribution < 1.29 is 28.6 Å². The summed E-state index contributed by atoms with van der Waals surface area (Å²) in [6.45, 7) is 8.93. The van der Waals surface area contributed by atoms with Crippen LogP contribution in [-0.2, 0) is 14.2 Å². The van der Waals surface area contributed by atoms with Crippen molar-refractivity contribution >= 4 is 41.6 Å². The van der Waals surface area contributed by atoms with Gasteiger partial charge in [0.15, 0.2) is 0 Å². The van der Waals surface area contributed by atoms with Crippen LogP contribution < -0.4 is 16.0 Å². The Bertz CT molecular complexity index is 619. The lowest BCUT2D eigenvalue weighted by molar-refractivity contribution is 0.147. The molecule has 0 aromatic rings. The van der Waals surface area contributed by atoms with Gasteiger partial charge in [-0.05, 0) is 72.3 Å². The summed E-state index contributed by atoms with van der Waals surface area (Å²) in [5.74, 6) is 1.05. The molecule has 3 N–H and O–H groups in total. The average Bonchev–Trinajstić information content (AvgIpc) is 3.75. The molecule has 0 radical (unpaired) electrons. The molecule has 0 spiro atoms. The maximum atomic E-state index is 10.9. The van der Waals surface area contributed by atoms with E-state index in [4.69, 9.17) is 21.1 Å². The van der Waals surface area contributed by atoms with Crippen LogP contribution in [0.25, 0.3) is 0 Å². The lowest BCUT2D eigenvalue weighted by Gasteiger charge is -2.10. The van der Waals surface area contributed by atoms with E-state index in [9.17, 15) is 14.4 Å². The van der Waals surface area contributed by atoms with Gasteiger partial charge < -0.3 is 30.2 Å². The van der Waals surface area contributed by atoms with Crippen LogP contribution in [0.4, 0.5) is 14.4 Å². The number of halogens is 2. The summed E-state index contributed by atoms with van der Waals surface area (Å²) in [6.07, 6.45) is 20.5. The van der Waals surface area contributed by atoms with Gasteiger partial charge in [-0.25, -0.2) is 14.4 Å². The van der Waals surface area contributed by atoms with Crippen molar-refractivity contribution in [2.24, 2.45) is 5.92 Å². The molecule has 4 saturated carbocycles. The molecular formula is C31H61Cl2N3O6. The van der Waals surface area contributed by atoms with Gasteiger partial charge in [-0.1, -0.05) is 71.1 Å². The zero-order chi connectivity index (χ0) is 30.7. The largest absolute Gasteiger partial charge is 0.454 e. The van der Waals surface area contributed by atoms with E-state index in [2.05, 4.69) is 34.7 Å². The highest BCUT2D eigenvalue weighted by molar-refractivity contribution is 6.61. The van der Waals surface area contributed by atoms with E-state index in [0.717, 1.165) is 37.6 Å². The predicted molar refractivity (Wildman–Crippen MR) is 174 cm³/mol. The molecule has 11 heteroatoms. The van der Waals surface area contributed by atoms with Crippen LogP contribution >= 0.6 is 24.0 Å². The molecule has 4 aliphatic rings. The maximum absolute atomic E-state index is 10.9. The van der Waals surface area contributed by atoms with E-state index in [1.165, 1.54) is 77.0 Å². The highest BCUT2D eigenvalue weighted by Crippen LogP contribution is 2.23. The van der Waals surface area contributed by atoms with Crippen LogP contribution in [0, 0.1) is 5.92 Å². The molecule has 2 amide bonds. The highest BCUT2D eigenvalue weighted by atomic mass is 35.5. The number of ether oxygens (including phenoxy) is 3. The Morgan fingerprint density at radius 2 is 0.905 bits per heavy atom. The van der Waals surface area contributed by atoms with Gasteiger partial charge in [-0.3, -0.25) is 0 Å². The molecule has 250 valence electrons. The minimum atomic E-state index is -0.738. The first-order valence-corrected chi connectivity index (χ1v) is 16.5. The molecule has 0 aromatic carbocycles. The monoisotopic (exact) mass is 641 g/mol. The molecule has 0 atom stereocenters. The van der Waals surface area contributed by atoms with Crippen LogP contribution in [0.2, 0.25) is 0 Å². The minimum Gasteiger partial charge on any atom is -0.454 e. The van der Waals surface area contributed by atoms with Crippen LogP contribution in [0.1, 0.15) is 130 Å². The van der Waals surface area contributed by atoms with Crippen LogP contribution in [0.5, 0.6) is 0 Å². The van der Waals surface area contributed by atoms with Gasteiger partial charge >= 0.3 is 17.6 Å². The van der Waals surface area contributed by atoms with E-state index in [1.54, 1.807) is 6.92 Å². The summed E-state index contributed by atoms with van der Waals surface area (Å²) in [6, 6.07) is 1.59. The third kappa shape index (κ3) is 26.2. The number of carbonyl (C=O) groups excluding carboxylic acids is 3. The number of rotatable bonds is 6. The van der Waals surface area contributed by atoms with Gasteiger partial charge in [0, 0.05) is 29.7 Å². The van der Waals surface area contributed by atoms with Gasteiger partial charge in [0.1, 0.15) is 0 Å². The first-order valence-electron chi connectivity index (χ1n) is 16.1. The summed E-state index contributed by atoms with van der Waals surface area (Å²) < 4.78 is 13.7. The van der Waals surface area contributed by atoms with Crippen molar-refractivity contribution in [1.29, 1.82) is 0 Å². The number of carbonyl (C=O) groups is 3. The van der Waals surface area contributed by atoms with Gasteiger partial charge in [0.2, 0.25) is 0 Å². The zero-order valence-corrected chi connectivity index (χ0v) is 28.6. The zero-order valence-electron chi connectivity index (χ0n) is 27.0. The SMILES string of the molecule is CC1CCCC1.CCOC(=O)Cl.CCOC(=O)NC1CCCC1.CCOC(=O)NC1CCCC1.CNC1CCCC1.Cl. The van der Waals surface area contributed by atoms with Gasteiger partial charge in [-0.15, -0.1) is 12.4 Å². The van der Waals surface area contributed by atoms with Crippen molar-refractivity contribution in [3.8, 4) is 0 Å². The fourth-order valence-electron chi connectivity index (χ4n) is 5.28. The van der Waals surface area contributed by atoms with Crippen LogP contribution in [0.15, 0.2) is 0 Å². The number of hydrogen-bond donors (Lipinski definition) is 3. The topological polar surface area (TPSA) is 115 Å². The third-order valence-electron chi connectivity index (χ3n) is 7.57. The van der Waals surface area contributed by atoms with E-state index < -0.39 is 5.43 Å². The Morgan fingerprint density at radius 3 is 1.10 bits per heavy atom. The van der Waals surface area contributed by atoms with Crippen molar-refractivity contribution in [3.63, 3.8) is 0 Å². The predicted octanol–water partition coefficient (Wildman–Crippen LogP) is 8.50. The highest BCUT2D eigenvalue weighted by Gasteiger charge is 2.18. The normalized spacial score (nSPS) is 18.2. The fraction of sp³-hybridized carbons (Fsp3) is 0.903. The molecule has 0 aromatic heterocycles. The Balaban J connectivity index is 0. The van der Waals surface area contributed by atoms with Crippen molar-refractivity contribution in [1.82, 2.24) is 16.0 Å². The van der Waals surface area contributed by atoms with Gasteiger partial charge in [-0.2, -0.15) is 0 Å². The average molecular weight is 643 g/mol. The van der Waals surface area contributed by atoms with Crippen LogP contribution in [-0.4, -0.2) is 62.6 Å². The third-order valence-corrected chi connectivity index (χ3v) is 7.68. The summed E-state index contributed by atoms with van der Waals surface area (Å²) in [7, 11) is 2.05. The molecule has 0 heterocycles. The Hall–Kier alpha value is -1.45. The van der Waals surface area contributed by atoms with Crippen LogP contribution in [0.3, 0.4) is 0 Å². The summed E-state index contributed by atoms with van der Waals surface area (Å²) in [4.78, 5) is 31.3. The molecule has 42 heavy (non-hydrogen) atoms. The minimum absolute atomic E-state index is 0. The number of alkyl carbamates (subject to hydrolysis) is 2. The van der Waals surface area contributed by atoms with E-state index in [-0.39, 0.29) is 24.6 Å². The molecule has 0 bridgehead atoms. The van der Waals surface area contributed by atoms with E-state index in [1.807, 2.05) is 13.8 Å². The molecule has 4 aliphatic carbocycles. The lowest BCUT2D eigenvalue weighted by atomic mass is 10.2. The molecule has 9 nitrogen and oxygen atoms in total. The Morgan fingerprint density at radius 1 is 0.595 bits per heavy atom. The fourth-order valence-corrected chi connectivity index (χ4v) is 5.39. The van der Waals surface area contributed by atoms with E-state index >= 15 is 0 Å². The smallest absolute Gasteiger partial charge is 0.407 e. The summed E-state index contributed by atoms with van der Waals surface area (Å²) in [5, 5.41) is 8.90. The molecule has 4 fully saturated rings. The quantitative estimate of drug-likeness (QED) is 0.197.